The Balaban J connectivity index is 1.51. The van der Waals surface area contributed by atoms with E-state index in [1.807, 2.05) is 6.92 Å². The SMILES string of the molecule is CCCOc1ccc(NC(=O)C[C@@H]2C(=O)N(c3ccc(OC)cc3)C(=O)N2C2CCCCC2)cc1. The Morgan fingerprint density at radius 2 is 1.63 bits per heavy atom. The van der Waals surface area contributed by atoms with E-state index in [-0.39, 0.29) is 30.3 Å². The second kappa shape index (κ2) is 11.3. The van der Waals surface area contributed by atoms with Gasteiger partial charge in [-0.3, -0.25) is 9.59 Å². The van der Waals surface area contributed by atoms with Gasteiger partial charge in [0.05, 0.1) is 25.8 Å². The maximum Gasteiger partial charge on any atom is 0.332 e. The Morgan fingerprint density at radius 1 is 0.971 bits per heavy atom. The van der Waals surface area contributed by atoms with Crippen molar-refractivity contribution in [3.8, 4) is 11.5 Å². The highest BCUT2D eigenvalue weighted by atomic mass is 16.5. The molecule has 186 valence electrons. The monoisotopic (exact) mass is 479 g/mol. The summed E-state index contributed by atoms with van der Waals surface area (Å²) in [7, 11) is 1.56. The van der Waals surface area contributed by atoms with Gasteiger partial charge in [-0.15, -0.1) is 0 Å². The second-order valence-corrected chi connectivity index (χ2v) is 8.99. The molecule has 1 saturated heterocycles. The van der Waals surface area contributed by atoms with Gasteiger partial charge >= 0.3 is 6.03 Å². The van der Waals surface area contributed by atoms with Crippen LogP contribution in [0.2, 0.25) is 0 Å². The standard InChI is InChI=1S/C27H33N3O5/c1-3-17-35-23-13-9-19(10-14-23)28-25(31)18-24-26(32)30(21-11-15-22(34-2)16-12-21)27(33)29(24)20-7-5-4-6-8-20/h9-16,20,24H,3-8,17-18H2,1-2H3,(H,28,31)/t24-/m1/s1. The van der Waals surface area contributed by atoms with Crippen molar-refractivity contribution in [2.45, 2.75) is 64.0 Å². The Bertz CT molecular complexity index is 1030. The summed E-state index contributed by atoms with van der Waals surface area (Å²) in [6, 6.07) is 12.7. The molecule has 0 unspecified atom stereocenters. The molecule has 1 heterocycles. The molecule has 1 aliphatic heterocycles. The molecule has 2 aromatic carbocycles. The van der Waals surface area contributed by atoms with E-state index in [0.29, 0.717) is 23.7 Å². The highest BCUT2D eigenvalue weighted by Crippen LogP contribution is 2.34. The largest absolute Gasteiger partial charge is 0.497 e. The number of carbonyl (C=O) groups is 3. The van der Waals surface area contributed by atoms with E-state index >= 15 is 0 Å². The van der Waals surface area contributed by atoms with E-state index in [1.54, 1.807) is 60.5 Å². The number of amides is 4. The smallest absolute Gasteiger partial charge is 0.332 e. The number of hydrogen-bond donors (Lipinski definition) is 1. The molecule has 8 nitrogen and oxygen atoms in total. The van der Waals surface area contributed by atoms with Crippen LogP contribution in [0.25, 0.3) is 0 Å². The van der Waals surface area contributed by atoms with E-state index in [1.165, 1.54) is 4.90 Å². The molecule has 0 bridgehead atoms. The average Bonchev–Trinajstić information content (AvgIpc) is 3.13. The van der Waals surface area contributed by atoms with Crippen LogP contribution >= 0.6 is 0 Å². The van der Waals surface area contributed by atoms with Crippen molar-refractivity contribution >= 4 is 29.2 Å². The summed E-state index contributed by atoms with van der Waals surface area (Å²) >= 11 is 0. The average molecular weight is 480 g/mol. The van der Waals surface area contributed by atoms with Crippen molar-refractivity contribution in [2.24, 2.45) is 0 Å². The van der Waals surface area contributed by atoms with Crippen LogP contribution in [-0.2, 0) is 9.59 Å². The predicted octanol–water partition coefficient (Wildman–Crippen LogP) is 4.98. The van der Waals surface area contributed by atoms with Gasteiger partial charge in [0.1, 0.15) is 17.5 Å². The first-order valence-corrected chi connectivity index (χ1v) is 12.3. The number of anilines is 2. The molecule has 0 spiro atoms. The van der Waals surface area contributed by atoms with Crippen molar-refractivity contribution in [3.63, 3.8) is 0 Å². The normalized spacial score (nSPS) is 18.6. The minimum Gasteiger partial charge on any atom is -0.497 e. The van der Waals surface area contributed by atoms with Crippen LogP contribution in [0.4, 0.5) is 16.2 Å². The second-order valence-electron chi connectivity index (χ2n) is 8.99. The molecule has 1 saturated carbocycles. The van der Waals surface area contributed by atoms with Gasteiger partial charge < -0.3 is 19.7 Å². The van der Waals surface area contributed by atoms with Crippen molar-refractivity contribution in [3.05, 3.63) is 48.5 Å². The molecular weight excluding hydrogens is 446 g/mol. The molecule has 1 aliphatic carbocycles. The van der Waals surface area contributed by atoms with Crippen molar-refractivity contribution in [1.29, 1.82) is 0 Å². The first kappa shape index (κ1) is 24.6. The zero-order valence-electron chi connectivity index (χ0n) is 20.4. The Labute approximate surface area is 206 Å². The molecule has 1 N–H and O–H groups in total. The van der Waals surface area contributed by atoms with Crippen LogP contribution < -0.4 is 19.7 Å². The van der Waals surface area contributed by atoms with Gasteiger partial charge in [-0.1, -0.05) is 26.2 Å². The lowest BCUT2D eigenvalue weighted by atomic mass is 9.93. The molecule has 2 aromatic rings. The maximum atomic E-state index is 13.5. The fraction of sp³-hybridized carbons (Fsp3) is 0.444. The van der Waals surface area contributed by atoms with Gasteiger partial charge in [-0.2, -0.15) is 0 Å². The summed E-state index contributed by atoms with van der Waals surface area (Å²) < 4.78 is 10.8. The fourth-order valence-corrected chi connectivity index (χ4v) is 4.78. The van der Waals surface area contributed by atoms with Gasteiger partial charge in [-0.05, 0) is 67.8 Å². The highest BCUT2D eigenvalue weighted by molar-refractivity contribution is 6.22. The summed E-state index contributed by atoms with van der Waals surface area (Å²) in [5, 5.41) is 2.86. The van der Waals surface area contributed by atoms with Crippen molar-refractivity contribution in [2.75, 3.05) is 23.9 Å². The number of imide groups is 1. The minimum absolute atomic E-state index is 0.0451. The summed E-state index contributed by atoms with van der Waals surface area (Å²) in [4.78, 5) is 42.8. The van der Waals surface area contributed by atoms with Gasteiger partial charge in [0.2, 0.25) is 5.91 Å². The van der Waals surface area contributed by atoms with E-state index in [4.69, 9.17) is 9.47 Å². The first-order valence-electron chi connectivity index (χ1n) is 12.3. The van der Waals surface area contributed by atoms with E-state index in [9.17, 15) is 14.4 Å². The molecular formula is C27H33N3O5. The molecule has 1 atom stereocenters. The molecule has 2 fully saturated rings. The topological polar surface area (TPSA) is 88.2 Å². The summed E-state index contributed by atoms with van der Waals surface area (Å²) in [6.07, 6.45) is 5.64. The number of benzene rings is 2. The van der Waals surface area contributed by atoms with Crippen molar-refractivity contribution in [1.82, 2.24) is 4.90 Å². The molecule has 4 amide bonds. The molecule has 2 aliphatic rings. The number of urea groups is 1. The van der Waals surface area contributed by atoms with Gasteiger partial charge in [0.25, 0.3) is 5.91 Å². The molecule has 35 heavy (non-hydrogen) atoms. The number of carbonyl (C=O) groups excluding carboxylic acids is 3. The molecule has 0 radical (unpaired) electrons. The first-order chi connectivity index (χ1) is 17.0. The van der Waals surface area contributed by atoms with Crippen LogP contribution in [0.1, 0.15) is 51.9 Å². The summed E-state index contributed by atoms with van der Waals surface area (Å²) in [5.74, 6) is 0.694. The lowest BCUT2D eigenvalue weighted by Crippen LogP contribution is -2.45. The predicted molar refractivity (Wildman–Crippen MR) is 134 cm³/mol. The highest BCUT2D eigenvalue weighted by Gasteiger charge is 2.49. The van der Waals surface area contributed by atoms with Gasteiger partial charge in [0, 0.05) is 11.7 Å². The van der Waals surface area contributed by atoms with Gasteiger partial charge in [0.15, 0.2) is 0 Å². The molecule has 0 aromatic heterocycles. The maximum absolute atomic E-state index is 13.5. The van der Waals surface area contributed by atoms with Crippen LogP contribution in [0.15, 0.2) is 48.5 Å². The Kier molecular flexibility index (Phi) is 7.90. The number of ether oxygens (including phenoxy) is 2. The van der Waals surface area contributed by atoms with Crippen molar-refractivity contribution < 1.29 is 23.9 Å². The zero-order chi connectivity index (χ0) is 24.8. The van der Waals surface area contributed by atoms with E-state index in [2.05, 4.69) is 5.32 Å². The number of rotatable bonds is 9. The zero-order valence-corrected chi connectivity index (χ0v) is 20.4. The third-order valence-corrected chi connectivity index (χ3v) is 6.54. The Morgan fingerprint density at radius 3 is 2.26 bits per heavy atom. The Hall–Kier alpha value is -3.55. The number of methoxy groups -OCH3 is 1. The molecule has 4 rings (SSSR count). The van der Waals surface area contributed by atoms with Gasteiger partial charge in [-0.25, -0.2) is 9.69 Å². The third-order valence-electron chi connectivity index (χ3n) is 6.54. The van der Waals surface area contributed by atoms with E-state index < -0.39 is 6.04 Å². The van der Waals surface area contributed by atoms with Crippen LogP contribution in [0.5, 0.6) is 11.5 Å². The molecule has 8 heteroatoms. The van der Waals surface area contributed by atoms with Crippen LogP contribution in [-0.4, -0.2) is 48.5 Å². The lowest BCUT2D eigenvalue weighted by molar-refractivity contribution is -0.125. The number of nitrogens with one attached hydrogen (secondary N) is 1. The van der Waals surface area contributed by atoms with E-state index in [0.717, 1.165) is 44.3 Å². The minimum atomic E-state index is -0.833. The number of hydrogen-bond acceptors (Lipinski definition) is 5. The quantitative estimate of drug-likeness (QED) is 0.513. The van der Waals surface area contributed by atoms with Crippen LogP contribution in [0, 0.1) is 0 Å². The summed E-state index contributed by atoms with van der Waals surface area (Å²) in [6.45, 7) is 2.67. The third kappa shape index (κ3) is 5.58. The fourth-order valence-electron chi connectivity index (χ4n) is 4.78. The summed E-state index contributed by atoms with van der Waals surface area (Å²) in [5.41, 5.74) is 1.10. The lowest BCUT2D eigenvalue weighted by Gasteiger charge is -2.33. The van der Waals surface area contributed by atoms with Crippen LogP contribution in [0.3, 0.4) is 0 Å². The number of nitrogens with zero attached hydrogens (tertiary/aromatic N) is 2.